The summed E-state index contributed by atoms with van der Waals surface area (Å²) in [5.74, 6) is 0.394. The third-order valence-electron chi connectivity index (χ3n) is 6.72. The minimum Gasteiger partial charge on any atom is -0.478 e. The van der Waals surface area contributed by atoms with Gasteiger partial charge < -0.3 is 9.67 Å². The number of hydrogen-bond acceptors (Lipinski definition) is 2. The Morgan fingerprint density at radius 2 is 1.71 bits per heavy atom. The van der Waals surface area contributed by atoms with E-state index in [0.717, 1.165) is 28.0 Å². The number of para-hydroxylation sites is 1. The zero-order valence-electron chi connectivity index (χ0n) is 19.8. The Bertz CT molecular complexity index is 1360. The number of carboxylic acid groups (broad SMARTS) is 1. The van der Waals surface area contributed by atoms with Crippen molar-refractivity contribution in [3.8, 4) is 11.1 Å². The van der Waals surface area contributed by atoms with Crippen molar-refractivity contribution in [1.82, 2.24) is 9.55 Å². The highest BCUT2D eigenvalue weighted by Crippen LogP contribution is 2.33. The van der Waals surface area contributed by atoms with E-state index in [1.54, 1.807) is 12.1 Å². The van der Waals surface area contributed by atoms with Gasteiger partial charge in [0.1, 0.15) is 5.82 Å². The van der Waals surface area contributed by atoms with Crippen molar-refractivity contribution >= 4 is 22.6 Å². The van der Waals surface area contributed by atoms with Gasteiger partial charge in [-0.05, 0) is 66.1 Å². The topological polar surface area (TPSA) is 55.1 Å². The number of fused-ring (bicyclic) bond motifs is 1. The molecule has 0 spiro atoms. The Labute approximate surface area is 200 Å². The molecule has 4 aromatic rings. The molecule has 1 heterocycles. The fraction of sp³-hybridized carbons (Fsp3) is 0.267. The molecule has 34 heavy (non-hydrogen) atoms. The van der Waals surface area contributed by atoms with Gasteiger partial charge in [0.2, 0.25) is 0 Å². The molecule has 4 nitrogen and oxygen atoms in total. The second-order valence-electron chi connectivity index (χ2n) is 9.44. The van der Waals surface area contributed by atoms with Crippen LogP contribution in [0.4, 0.5) is 0 Å². The molecule has 0 fully saturated rings. The van der Waals surface area contributed by atoms with E-state index in [4.69, 9.17) is 4.98 Å². The molecule has 0 radical (unpaired) electrons. The average molecular weight is 451 g/mol. The molecule has 0 saturated carbocycles. The van der Waals surface area contributed by atoms with Crippen LogP contribution >= 0.6 is 0 Å². The minimum atomic E-state index is -0.905. The van der Waals surface area contributed by atoms with Crippen molar-refractivity contribution in [1.29, 1.82) is 0 Å². The lowest BCUT2D eigenvalue weighted by molar-refractivity contribution is 0.0697. The first-order valence-corrected chi connectivity index (χ1v) is 12.1. The number of carboxylic acids is 1. The Morgan fingerprint density at radius 3 is 2.35 bits per heavy atom. The minimum absolute atomic E-state index is 0.263. The maximum atomic E-state index is 11.2. The lowest BCUT2D eigenvalue weighted by atomic mass is 9.92. The fourth-order valence-corrected chi connectivity index (χ4v) is 4.90. The van der Waals surface area contributed by atoms with Crippen molar-refractivity contribution in [2.24, 2.45) is 0 Å². The van der Waals surface area contributed by atoms with Crippen LogP contribution in [0.2, 0.25) is 0 Å². The van der Waals surface area contributed by atoms with E-state index in [1.165, 1.54) is 42.4 Å². The van der Waals surface area contributed by atoms with Crippen LogP contribution in [-0.2, 0) is 6.54 Å². The molecule has 1 aliphatic rings. The molecule has 1 aromatic heterocycles. The van der Waals surface area contributed by atoms with E-state index in [2.05, 4.69) is 67.0 Å². The van der Waals surface area contributed by atoms with Crippen LogP contribution in [0.3, 0.4) is 0 Å². The van der Waals surface area contributed by atoms with Crippen molar-refractivity contribution < 1.29 is 9.90 Å². The third-order valence-corrected chi connectivity index (χ3v) is 6.72. The number of aromatic nitrogens is 2. The summed E-state index contributed by atoms with van der Waals surface area (Å²) in [5.41, 5.74) is 8.59. The van der Waals surface area contributed by atoms with Gasteiger partial charge in [-0.15, -0.1) is 0 Å². The van der Waals surface area contributed by atoms with E-state index in [0.29, 0.717) is 12.1 Å². The number of allylic oxidation sites excluding steroid dienone is 2. The van der Waals surface area contributed by atoms with E-state index >= 15 is 0 Å². The Balaban J connectivity index is 1.53. The van der Waals surface area contributed by atoms with E-state index in [-0.39, 0.29) is 5.92 Å². The summed E-state index contributed by atoms with van der Waals surface area (Å²) in [5, 5.41) is 9.20. The van der Waals surface area contributed by atoms with Gasteiger partial charge in [0.15, 0.2) is 0 Å². The Kier molecular flexibility index (Phi) is 6.06. The summed E-state index contributed by atoms with van der Waals surface area (Å²) in [6.45, 7) is 4.98. The first-order valence-electron chi connectivity index (χ1n) is 12.1. The molecule has 0 unspecified atom stereocenters. The maximum Gasteiger partial charge on any atom is 0.335 e. The smallest absolute Gasteiger partial charge is 0.335 e. The highest BCUT2D eigenvalue weighted by atomic mass is 16.4. The normalized spacial score (nSPS) is 13.9. The number of rotatable bonds is 6. The van der Waals surface area contributed by atoms with Gasteiger partial charge in [0.25, 0.3) is 0 Å². The van der Waals surface area contributed by atoms with Crippen molar-refractivity contribution in [2.75, 3.05) is 0 Å². The van der Waals surface area contributed by atoms with Gasteiger partial charge in [0.05, 0.1) is 16.6 Å². The number of hydrogen-bond donors (Lipinski definition) is 1. The summed E-state index contributed by atoms with van der Waals surface area (Å²) in [6, 6.07) is 22.4. The molecule has 1 aliphatic carbocycles. The first kappa shape index (κ1) is 22.1. The molecular weight excluding hydrogens is 420 g/mol. The zero-order chi connectivity index (χ0) is 23.7. The van der Waals surface area contributed by atoms with E-state index < -0.39 is 5.97 Å². The molecule has 0 bridgehead atoms. The van der Waals surface area contributed by atoms with Gasteiger partial charge in [0, 0.05) is 18.0 Å². The number of imidazole rings is 1. The summed E-state index contributed by atoms with van der Waals surface area (Å²) < 4.78 is 2.26. The molecule has 172 valence electrons. The summed E-state index contributed by atoms with van der Waals surface area (Å²) in [7, 11) is 0. The number of carbonyl (C=O) groups is 1. The molecule has 4 heteroatoms. The second-order valence-corrected chi connectivity index (χ2v) is 9.44. The maximum absolute atomic E-state index is 11.2. The molecule has 1 N–H and O–H groups in total. The number of nitrogens with zero attached hydrogens (tertiary/aromatic N) is 2. The molecule has 5 rings (SSSR count). The van der Waals surface area contributed by atoms with Crippen LogP contribution in [0.15, 0.2) is 72.8 Å². The van der Waals surface area contributed by atoms with Crippen LogP contribution in [0.25, 0.3) is 27.7 Å². The average Bonchev–Trinajstić information content (AvgIpc) is 3.24. The molecular formula is C30H30N2O2. The molecule has 0 amide bonds. The van der Waals surface area contributed by atoms with E-state index in [9.17, 15) is 9.90 Å². The van der Waals surface area contributed by atoms with Crippen LogP contribution in [0.1, 0.15) is 72.8 Å². The lowest BCUT2D eigenvalue weighted by Crippen LogP contribution is -2.07. The van der Waals surface area contributed by atoms with E-state index in [1.807, 2.05) is 12.1 Å². The number of benzene rings is 3. The Hall–Kier alpha value is -3.66. The van der Waals surface area contributed by atoms with Crippen LogP contribution in [-0.4, -0.2) is 20.6 Å². The summed E-state index contributed by atoms with van der Waals surface area (Å²) in [6.07, 6.45) is 7.32. The highest BCUT2D eigenvalue weighted by Gasteiger charge is 2.17. The molecule has 0 saturated heterocycles. The van der Waals surface area contributed by atoms with Gasteiger partial charge in [-0.25, -0.2) is 9.78 Å². The fourth-order valence-electron chi connectivity index (χ4n) is 4.90. The highest BCUT2D eigenvalue weighted by molar-refractivity contribution is 5.93. The Morgan fingerprint density at radius 1 is 0.971 bits per heavy atom. The second kappa shape index (κ2) is 9.30. The third kappa shape index (κ3) is 4.28. The largest absolute Gasteiger partial charge is 0.478 e. The van der Waals surface area contributed by atoms with Crippen LogP contribution in [0, 0.1) is 0 Å². The zero-order valence-corrected chi connectivity index (χ0v) is 19.8. The standard InChI is InChI=1S/C30H30N2O2/c1-20(2)29-31-28-26(24-17-15-23(16-18-24)22-7-4-3-5-8-22)9-6-10-27(28)32(29)19-21-11-13-25(14-12-21)30(33)34/h6-7,9-18,20H,3-5,8,19H2,1-2H3,(H,33,34). The number of aromatic carboxylic acids is 1. The SMILES string of the molecule is CC(C)c1nc2c(-c3ccc(C4=CCCCC4)cc3)cccc2n1Cc1ccc(C(=O)O)cc1. The predicted molar refractivity (Wildman–Crippen MR) is 138 cm³/mol. The van der Waals surface area contributed by atoms with Crippen molar-refractivity contribution in [3.05, 3.63) is 95.3 Å². The van der Waals surface area contributed by atoms with Crippen LogP contribution < -0.4 is 0 Å². The van der Waals surface area contributed by atoms with Crippen molar-refractivity contribution in [3.63, 3.8) is 0 Å². The van der Waals surface area contributed by atoms with Gasteiger partial charge >= 0.3 is 5.97 Å². The molecule has 3 aromatic carbocycles. The van der Waals surface area contributed by atoms with Crippen molar-refractivity contribution in [2.45, 2.75) is 52.0 Å². The van der Waals surface area contributed by atoms with Gasteiger partial charge in [-0.1, -0.05) is 68.5 Å². The summed E-state index contributed by atoms with van der Waals surface area (Å²) in [4.78, 5) is 16.3. The first-order chi connectivity index (χ1) is 16.5. The molecule has 0 atom stereocenters. The predicted octanol–water partition coefficient (Wildman–Crippen LogP) is 7.53. The van der Waals surface area contributed by atoms with Crippen LogP contribution in [0.5, 0.6) is 0 Å². The van der Waals surface area contributed by atoms with Gasteiger partial charge in [-0.3, -0.25) is 0 Å². The van der Waals surface area contributed by atoms with Gasteiger partial charge in [-0.2, -0.15) is 0 Å². The summed E-state index contributed by atoms with van der Waals surface area (Å²) >= 11 is 0. The molecule has 0 aliphatic heterocycles. The quantitative estimate of drug-likeness (QED) is 0.330. The monoisotopic (exact) mass is 450 g/mol. The lowest BCUT2D eigenvalue weighted by Gasteiger charge is -2.13.